The molecule has 2 aromatic carbocycles. The molecule has 0 spiro atoms. The molecular formula is C21H21NO6. The second-order valence-electron chi connectivity index (χ2n) is 5.90. The van der Waals surface area contributed by atoms with Crippen LogP contribution in [-0.2, 0) is 16.0 Å². The van der Waals surface area contributed by atoms with Gasteiger partial charge < -0.3 is 23.7 Å². The maximum atomic E-state index is 12.2. The number of esters is 1. The standard InChI is InChI=1S/C21H21NO6/c1-24-15-7-5-13(6-8-15)9-20-22-16(21(23)28-20)10-14-11-18(26-3)19(27-4)12-17(14)25-2/h5-8,10-12H,9H2,1-4H3/b16-10-. The fourth-order valence-corrected chi connectivity index (χ4v) is 2.76. The largest absolute Gasteiger partial charge is 0.497 e. The van der Waals surface area contributed by atoms with E-state index in [1.807, 2.05) is 24.3 Å². The zero-order valence-corrected chi connectivity index (χ0v) is 16.1. The van der Waals surface area contributed by atoms with Crippen LogP contribution in [0.2, 0.25) is 0 Å². The molecule has 2 aromatic rings. The van der Waals surface area contributed by atoms with Crippen LogP contribution in [0.5, 0.6) is 23.0 Å². The van der Waals surface area contributed by atoms with Gasteiger partial charge in [0.05, 0.1) is 28.4 Å². The summed E-state index contributed by atoms with van der Waals surface area (Å²) in [7, 11) is 6.22. The molecule has 0 saturated heterocycles. The van der Waals surface area contributed by atoms with Gasteiger partial charge >= 0.3 is 5.97 Å². The van der Waals surface area contributed by atoms with E-state index < -0.39 is 5.97 Å². The molecule has 0 atom stereocenters. The van der Waals surface area contributed by atoms with E-state index in [-0.39, 0.29) is 5.70 Å². The van der Waals surface area contributed by atoms with E-state index in [4.69, 9.17) is 23.7 Å². The summed E-state index contributed by atoms with van der Waals surface area (Å²) in [6.07, 6.45) is 2.00. The Labute approximate surface area is 163 Å². The van der Waals surface area contributed by atoms with Crippen LogP contribution in [0.25, 0.3) is 6.08 Å². The molecule has 7 heteroatoms. The molecule has 0 radical (unpaired) electrons. The maximum absolute atomic E-state index is 12.2. The number of rotatable bonds is 7. The minimum atomic E-state index is -0.514. The highest BCUT2D eigenvalue weighted by molar-refractivity contribution is 6.07. The number of aliphatic imine (C=N–C) groups is 1. The third-order valence-electron chi connectivity index (χ3n) is 4.21. The molecule has 146 valence electrons. The molecule has 0 bridgehead atoms. The average Bonchev–Trinajstić information content (AvgIpc) is 3.06. The van der Waals surface area contributed by atoms with Crippen LogP contribution < -0.4 is 18.9 Å². The first kappa shape index (κ1) is 19.3. The van der Waals surface area contributed by atoms with Crippen LogP contribution in [0.1, 0.15) is 11.1 Å². The first-order valence-electron chi connectivity index (χ1n) is 8.52. The second-order valence-corrected chi connectivity index (χ2v) is 5.90. The lowest BCUT2D eigenvalue weighted by Crippen LogP contribution is -2.06. The second kappa shape index (κ2) is 8.47. The van der Waals surface area contributed by atoms with E-state index in [0.29, 0.717) is 35.1 Å². The third kappa shape index (κ3) is 4.09. The first-order chi connectivity index (χ1) is 13.6. The van der Waals surface area contributed by atoms with Crippen molar-refractivity contribution >= 4 is 17.9 Å². The molecule has 0 amide bonds. The van der Waals surface area contributed by atoms with Gasteiger partial charge in [-0.15, -0.1) is 0 Å². The van der Waals surface area contributed by atoms with E-state index in [0.717, 1.165) is 11.3 Å². The highest BCUT2D eigenvalue weighted by Crippen LogP contribution is 2.36. The summed E-state index contributed by atoms with van der Waals surface area (Å²) >= 11 is 0. The van der Waals surface area contributed by atoms with Gasteiger partial charge in [-0.1, -0.05) is 12.1 Å². The van der Waals surface area contributed by atoms with E-state index in [9.17, 15) is 4.79 Å². The third-order valence-corrected chi connectivity index (χ3v) is 4.21. The monoisotopic (exact) mass is 383 g/mol. The summed E-state index contributed by atoms with van der Waals surface area (Å²) in [4.78, 5) is 16.6. The van der Waals surface area contributed by atoms with E-state index >= 15 is 0 Å². The van der Waals surface area contributed by atoms with Gasteiger partial charge in [0.1, 0.15) is 11.5 Å². The summed E-state index contributed by atoms with van der Waals surface area (Å²) in [6, 6.07) is 10.9. The number of hydrogen-bond acceptors (Lipinski definition) is 7. The fraction of sp³-hybridized carbons (Fsp3) is 0.238. The number of carbonyl (C=O) groups is 1. The van der Waals surface area contributed by atoms with Crippen LogP contribution in [0.4, 0.5) is 0 Å². The van der Waals surface area contributed by atoms with Crippen molar-refractivity contribution in [3.05, 3.63) is 53.2 Å². The summed E-state index contributed by atoms with van der Waals surface area (Å²) < 4.78 is 26.4. The van der Waals surface area contributed by atoms with Crippen LogP contribution >= 0.6 is 0 Å². The predicted octanol–water partition coefficient (Wildman–Crippen LogP) is 3.26. The summed E-state index contributed by atoms with van der Waals surface area (Å²) in [5, 5.41) is 0. The van der Waals surface area contributed by atoms with Crippen molar-refractivity contribution < 1.29 is 28.5 Å². The Balaban J connectivity index is 1.88. The fourth-order valence-electron chi connectivity index (χ4n) is 2.76. The van der Waals surface area contributed by atoms with Crippen molar-refractivity contribution in [3.8, 4) is 23.0 Å². The molecule has 1 aliphatic heterocycles. The van der Waals surface area contributed by atoms with Crippen molar-refractivity contribution in [3.63, 3.8) is 0 Å². The lowest BCUT2D eigenvalue weighted by molar-refractivity contribution is -0.130. The molecule has 0 N–H and O–H groups in total. The van der Waals surface area contributed by atoms with Crippen LogP contribution in [0, 0.1) is 0 Å². The number of carbonyl (C=O) groups excluding carboxylic acids is 1. The van der Waals surface area contributed by atoms with Crippen LogP contribution in [-0.4, -0.2) is 40.3 Å². The first-order valence-corrected chi connectivity index (χ1v) is 8.52. The molecule has 3 rings (SSSR count). The molecular weight excluding hydrogens is 362 g/mol. The average molecular weight is 383 g/mol. The topological polar surface area (TPSA) is 75.6 Å². The minimum Gasteiger partial charge on any atom is -0.497 e. The summed E-state index contributed by atoms with van der Waals surface area (Å²) in [5.41, 5.74) is 1.77. The van der Waals surface area contributed by atoms with Crippen molar-refractivity contribution in [1.29, 1.82) is 0 Å². The number of nitrogens with zero attached hydrogens (tertiary/aromatic N) is 1. The van der Waals surface area contributed by atoms with Crippen molar-refractivity contribution in [1.82, 2.24) is 0 Å². The van der Waals surface area contributed by atoms with Gasteiger partial charge in [-0.2, -0.15) is 0 Å². The number of methoxy groups -OCH3 is 4. The van der Waals surface area contributed by atoms with Gasteiger partial charge in [-0.05, 0) is 29.8 Å². The Morgan fingerprint density at radius 1 is 0.893 bits per heavy atom. The zero-order chi connectivity index (χ0) is 20.1. The smallest absolute Gasteiger partial charge is 0.363 e. The predicted molar refractivity (Wildman–Crippen MR) is 104 cm³/mol. The Morgan fingerprint density at radius 2 is 1.54 bits per heavy atom. The lowest BCUT2D eigenvalue weighted by Gasteiger charge is -2.12. The molecule has 0 fully saturated rings. The number of hydrogen-bond donors (Lipinski definition) is 0. The van der Waals surface area contributed by atoms with E-state index in [1.165, 1.54) is 14.2 Å². The van der Waals surface area contributed by atoms with Crippen molar-refractivity contribution in [2.45, 2.75) is 6.42 Å². The van der Waals surface area contributed by atoms with Crippen molar-refractivity contribution in [2.24, 2.45) is 4.99 Å². The Hall–Kier alpha value is -3.48. The quantitative estimate of drug-likeness (QED) is 0.540. The highest BCUT2D eigenvalue weighted by atomic mass is 16.6. The Morgan fingerprint density at radius 3 is 2.14 bits per heavy atom. The number of benzene rings is 2. The highest BCUT2D eigenvalue weighted by Gasteiger charge is 2.24. The summed E-state index contributed by atoms with van der Waals surface area (Å²) in [6.45, 7) is 0. The molecule has 0 saturated carbocycles. The zero-order valence-electron chi connectivity index (χ0n) is 16.1. The lowest BCUT2D eigenvalue weighted by atomic mass is 10.1. The van der Waals surface area contributed by atoms with E-state index in [2.05, 4.69) is 4.99 Å². The Bertz CT molecular complexity index is 931. The van der Waals surface area contributed by atoms with Gasteiger partial charge in [0.25, 0.3) is 0 Å². The SMILES string of the molecule is COc1ccc(CC2=N/C(=C\c3cc(OC)c(OC)cc3OC)C(=O)O2)cc1. The molecule has 0 aromatic heterocycles. The molecule has 1 aliphatic rings. The number of ether oxygens (including phenoxy) is 5. The molecule has 0 unspecified atom stereocenters. The van der Waals surface area contributed by atoms with Gasteiger partial charge in [0.2, 0.25) is 5.90 Å². The van der Waals surface area contributed by atoms with Gasteiger partial charge in [0, 0.05) is 18.1 Å². The minimum absolute atomic E-state index is 0.189. The van der Waals surface area contributed by atoms with E-state index in [1.54, 1.807) is 32.4 Å². The van der Waals surface area contributed by atoms with Crippen LogP contribution in [0.15, 0.2) is 47.1 Å². The van der Waals surface area contributed by atoms with Gasteiger partial charge in [0.15, 0.2) is 17.2 Å². The summed E-state index contributed by atoms with van der Waals surface area (Å²) in [5.74, 6) is 2.15. The van der Waals surface area contributed by atoms with Gasteiger partial charge in [-0.3, -0.25) is 0 Å². The van der Waals surface area contributed by atoms with Gasteiger partial charge in [-0.25, -0.2) is 9.79 Å². The van der Waals surface area contributed by atoms with Crippen molar-refractivity contribution in [2.75, 3.05) is 28.4 Å². The van der Waals surface area contributed by atoms with Crippen LogP contribution in [0.3, 0.4) is 0 Å². The normalized spacial score (nSPS) is 14.5. The molecule has 0 aliphatic carbocycles. The number of cyclic esters (lactones) is 1. The Kier molecular flexibility index (Phi) is 5.84. The molecule has 1 heterocycles. The molecule has 28 heavy (non-hydrogen) atoms. The molecule has 7 nitrogen and oxygen atoms in total. The maximum Gasteiger partial charge on any atom is 0.363 e.